The van der Waals surface area contributed by atoms with Crippen molar-refractivity contribution in [2.75, 3.05) is 25.7 Å². The van der Waals surface area contributed by atoms with Gasteiger partial charge in [-0.15, -0.1) is 0 Å². The van der Waals surface area contributed by atoms with E-state index in [2.05, 4.69) is 0 Å². The third-order valence-corrected chi connectivity index (χ3v) is 5.07. The number of carbonyl (C=O) groups is 1. The van der Waals surface area contributed by atoms with Crippen molar-refractivity contribution in [3.8, 4) is 11.5 Å². The second kappa shape index (κ2) is 8.08. The number of hydrogen-bond acceptors (Lipinski definition) is 4. The molecule has 2 aromatic rings. The first-order valence-electron chi connectivity index (χ1n) is 8.02. The number of para-hydroxylation sites is 2. The summed E-state index contributed by atoms with van der Waals surface area (Å²) in [6.07, 6.45) is 3.87. The molecule has 0 saturated carbocycles. The van der Waals surface area contributed by atoms with Gasteiger partial charge in [-0.3, -0.25) is 4.79 Å². The van der Waals surface area contributed by atoms with Crippen LogP contribution < -0.4 is 9.47 Å². The fourth-order valence-electron chi connectivity index (χ4n) is 2.77. The van der Waals surface area contributed by atoms with Crippen LogP contribution in [0.25, 0.3) is 12.2 Å². The standard InChI is InChI=1S/C21H20O3S/c1-23-19-9-5-3-7-15(19)11-17-13-25-14-18(21(17)22)12-16-8-4-6-10-20(16)24-2/h3-12H,13-14H2,1-2H3/b17-11+,18-12+. The zero-order valence-electron chi connectivity index (χ0n) is 14.3. The predicted molar refractivity (Wildman–Crippen MR) is 104 cm³/mol. The molecule has 0 spiro atoms. The molecule has 3 rings (SSSR count). The molecule has 0 amide bonds. The fraction of sp³-hybridized carbons (Fsp3) is 0.190. The van der Waals surface area contributed by atoms with Gasteiger partial charge in [0, 0.05) is 33.8 Å². The summed E-state index contributed by atoms with van der Waals surface area (Å²) in [5.41, 5.74) is 3.43. The molecule has 1 aliphatic heterocycles. The Hall–Kier alpha value is -2.46. The molecular formula is C21H20O3S. The van der Waals surface area contributed by atoms with Crippen LogP contribution >= 0.6 is 11.8 Å². The summed E-state index contributed by atoms with van der Waals surface area (Å²) in [4.78, 5) is 12.9. The van der Waals surface area contributed by atoms with Gasteiger partial charge < -0.3 is 9.47 Å². The smallest absolute Gasteiger partial charge is 0.186 e. The molecule has 0 bridgehead atoms. The van der Waals surface area contributed by atoms with Gasteiger partial charge in [0.05, 0.1) is 14.2 Å². The molecule has 0 aliphatic carbocycles. The summed E-state index contributed by atoms with van der Waals surface area (Å²) in [7, 11) is 3.28. The van der Waals surface area contributed by atoms with Crippen molar-refractivity contribution in [2.45, 2.75) is 0 Å². The highest BCUT2D eigenvalue weighted by molar-refractivity contribution is 7.99. The van der Waals surface area contributed by atoms with Gasteiger partial charge in [-0.2, -0.15) is 11.8 Å². The monoisotopic (exact) mass is 352 g/mol. The number of ketones is 1. The Morgan fingerprint density at radius 1 is 0.800 bits per heavy atom. The Morgan fingerprint density at radius 2 is 1.24 bits per heavy atom. The predicted octanol–water partition coefficient (Wildman–Crippen LogP) is 4.49. The molecule has 0 N–H and O–H groups in total. The van der Waals surface area contributed by atoms with Crippen molar-refractivity contribution in [2.24, 2.45) is 0 Å². The Bertz CT molecular complexity index is 769. The van der Waals surface area contributed by atoms with E-state index in [1.807, 2.05) is 60.7 Å². The van der Waals surface area contributed by atoms with Crippen LogP contribution in [0.15, 0.2) is 59.7 Å². The lowest BCUT2D eigenvalue weighted by Gasteiger charge is -2.17. The minimum atomic E-state index is 0.0931. The molecule has 128 valence electrons. The minimum Gasteiger partial charge on any atom is -0.496 e. The highest BCUT2D eigenvalue weighted by Gasteiger charge is 2.21. The zero-order valence-corrected chi connectivity index (χ0v) is 15.1. The summed E-state index contributed by atoms with van der Waals surface area (Å²) in [6, 6.07) is 15.5. The number of rotatable bonds is 4. The SMILES string of the molecule is COc1ccccc1/C=C1\CSC/C(=C\c2ccccc2OC)C1=O. The van der Waals surface area contributed by atoms with Crippen LogP contribution in [0.1, 0.15) is 11.1 Å². The van der Waals surface area contributed by atoms with E-state index in [0.717, 1.165) is 33.8 Å². The Kier molecular flexibility index (Phi) is 5.61. The molecule has 0 aromatic heterocycles. The maximum absolute atomic E-state index is 12.9. The molecule has 0 atom stereocenters. The van der Waals surface area contributed by atoms with Gasteiger partial charge in [-0.25, -0.2) is 0 Å². The maximum atomic E-state index is 12.9. The summed E-state index contributed by atoms with van der Waals surface area (Å²) in [5, 5.41) is 0. The second-order valence-electron chi connectivity index (χ2n) is 5.64. The lowest BCUT2D eigenvalue weighted by atomic mass is 10.00. The Labute approximate surface area is 152 Å². The molecule has 1 saturated heterocycles. The van der Waals surface area contributed by atoms with Crippen molar-refractivity contribution in [3.63, 3.8) is 0 Å². The van der Waals surface area contributed by atoms with Gasteiger partial charge in [-0.05, 0) is 24.3 Å². The normalized spacial score (nSPS) is 17.8. The van der Waals surface area contributed by atoms with Crippen molar-refractivity contribution in [1.82, 2.24) is 0 Å². The van der Waals surface area contributed by atoms with Crippen LogP contribution in [-0.4, -0.2) is 31.5 Å². The maximum Gasteiger partial charge on any atom is 0.186 e. The van der Waals surface area contributed by atoms with Gasteiger partial charge >= 0.3 is 0 Å². The van der Waals surface area contributed by atoms with E-state index in [0.29, 0.717) is 11.5 Å². The highest BCUT2D eigenvalue weighted by Crippen LogP contribution is 2.30. The number of hydrogen-bond donors (Lipinski definition) is 0. The molecule has 0 radical (unpaired) electrons. The topological polar surface area (TPSA) is 35.5 Å². The quantitative estimate of drug-likeness (QED) is 0.760. The molecule has 3 nitrogen and oxygen atoms in total. The number of ether oxygens (including phenoxy) is 2. The number of methoxy groups -OCH3 is 2. The number of benzene rings is 2. The third-order valence-electron chi connectivity index (χ3n) is 4.04. The van der Waals surface area contributed by atoms with E-state index in [-0.39, 0.29) is 5.78 Å². The molecule has 25 heavy (non-hydrogen) atoms. The summed E-state index contributed by atoms with van der Waals surface area (Å²) in [6.45, 7) is 0. The first-order valence-corrected chi connectivity index (χ1v) is 9.18. The number of thioether (sulfide) groups is 1. The van der Waals surface area contributed by atoms with Crippen molar-refractivity contribution in [1.29, 1.82) is 0 Å². The molecular weight excluding hydrogens is 332 g/mol. The van der Waals surface area contributed by atoms with Crippen LogP contribution in [0.2, 0.25) is 0 Å². The van der Waals surface area contributed by atoms with Crippen molar-refractivity contribution >= 4 is 29.7 Å². The van der Waals surface area contributed by atoms with E-state index in [1.54, 1.807) is 26.0 Å². The van der Waals surface area contributed by atoms with Crippen LogP contribution in [0, 0.1) is 0 Å². The van der Waals surface area contributed by atoms with Gasteiger partial charge in [0.15, 0.2) is 5.78 Å². The van der Waals surface area contributed by atoms with E-state index in [4.69, 9.17) is 9.47 Å². The Balaban J connectivity index is 1.93. The molecule has 1 fully saturated rings. The second-order valence-corrected chi connectivity index (χ2v) is 6.63. The van der Waals surface area contributed by atoms with Crippen LogP contribution in [0.3, 0.4) is 0 Å². The average molecular weight is 352 g/mol. The molecule has 0 unspecified atom stereocenters. The summed E-state index contributed by atoms with van der Waals surface area (Å²) >= 11 is 1.74. The van der Waals surface area contributed by atoms with Crippen LogP contribution in [0.5, 0.6) is 11.5 Å². The molecule has 1 heterocycles. The Morgan fingerprint density at radius 3 is 1.68 bits per heavy atom. The lowest BCUT2D eigenvalue weighted by Crippen LogP contribution is -2.16. The molecule has 2 aromatic carbocycles. The van der Waals surface area contributed by atoms with Gasteiger partial charge in [0.1, 0.15) is 11.5 Å². The van der Waals surface area contributed by atoms with Crippen molar-refractivity contribution < 1.29 is 14.3 Å². The third kappa shape index (κ3) is 3.97. The average Bonchev–Trinajstić information content (AvgIpc) is 2.66. The van der Waals surface area contributed by atoms with Crippen molar-refractivity contribution in [3.05, 3.63) is 70.8 Å². The van der Waals surface area contributed by atoms with E-state index in [1.165, 1.54) is 0 Å². The van der Waals surface area contributed by atoms with Gasteiger partial charge in [0.2, 0.25) is 0 Å². The summed E-state index contributed by atoms with van der Waals surface area (Å²) < 4.78 is 10.8. The van der Waals surface area contributed by atoms with E-state index in [9.17, 15) is 4.79 Å². The van der Waals surface area contributed by atoms with Crippen LogP contribution in [-0.2, 0) is 4.79 Å². The lowest BCUT2D eigenvalue weighted by molar-refractivity contribution is -0.112. The van der Waals surface area contributed by atoms with E-state index >= 15 is 0 Å². The fourth-order valence-corrected chi connectivity index (χ4v) is 3.74. The first kappa shape index (κ1) is 17.4. The highest BCUT2D eigenvalue weighted by atomic mass is 32.2. The largest absolute Gasteiger partial charge is 0.496 e. The van der Waals surface area contributed by atoms with Gasteiger partial charge in [-0.1, -0.05) is 36.4 Å². The number of Topliss-reactive ketones (excluding diaryl/α,β-unsaturated/α-hetero) is 1. The van der Waals surface area contributed by atoms with E-state index < -0.39 is 0 Å². The number of carbonyl (C=O) groups excluding carboxylic acids is 1. The van der Waals surface area contributed by atoms with Gasteiger partial charge in [0.25, 0.3) is 0 Å². The zero-order chi connectivity index (χ0) is 17.6. The van der Waals surface area contributed by atoms with Crippen LogP contribution in [0.4, 0.5) is 0 Å². The first-order chi connectivity index (χ1) is 12.2. The molecule has 4 heteroatoms. The molecule has 1 aliphatic rings. The minimum absolute atomic E-state index is 0.0931. The summed E-state index contributed by atoms with van der Waals surface area (Å²) in [5.74, 6) is 3.05.